The normalized spacial score (nSPS) is 12.6. The second-order valence-corrected chi connectivity index (χ2v) is 4.85. The Balaban J connectivity index is 2.66. The lowest BCUT2D eigenvalue weighted by molar-refractivity contribution is -0.117. The van der Waals surface area contributed by atoms with Crippen molar-refractivity contribution in [3.63, 3.8) is 0 Å². The van der Waals surface area contributed by atoms with Crippen LogP contribution in [0.3, 0.4) is 0 Å². The van der Waals surface area contributed by atoms with E-state index in [4.69, 9.17) is 15.2 Å². The first-order chi connectivity index (χ1) is 9.39. The fraction of sp³-hybridized carbons (Fsp3) is 0.429. The van der Waals surface area contributed by atoms with Crippen molar-refractivity contribution < 1.29 is 19.1 Å². The predicted octanol–water partition coefficient (Wildman–Crippen LogP) is 2.20. The Morgan fingerprint density at radius 3 is 2.50 bits per heavy atom. The molecule has 0 unspecified atom stereocenters. The van der Waals surface area contributed by atoms with Gasteiger partial charge in [-0.15, -0.1) is 0 Å². The first-order valence-electron chi connectivity index (χ1n) is 6.21. The number of aldehydes is 1. The first kappa shape index (κ1) is 16.0. The van der Waals surface area contributed by atoms with Crippen LogP contribution in [0.4, 0.5) is 16.2 Å². The second kappa shape index (κ2) is 6.91. The van der Waals surface area contributed by atoms with Crippen molar-refractivity contribution in [2.75, 3.05) is 18.2 Å². The average molecular weight is 280 g/mol. The summed E-state index contributed by atoms with van der Waals surface area (Å²) in [6.07, 6.45) is -0.552. The van der Waals surface area contributed by atoms with Crippen molar-refractivity contribution in [3.8, 4) is 0 Å². The molecule has 0 heterocycles. The third kappa shape index (κ3) is 4.55. The summed E-state index contributed by atoms with van der Waals surface area (Å²) in [4.78, 5) is 22.5. The molecular weight excluding hydrogens is 260 g/mol. The molecule has 0 aromatic heterocycles. The zero-order valence-corrected chi connectivity index (χ0v) is 11.9. The Kier molecular flexibility index (Phi) is 5.52. The van der Waals surface area contributed by atoms with E-state index in [0.717, 1.165) is 0 Å². The minimum atomic E-state index is -0.751. The molecule has 0 saturated carbocycles. The third-order valence-corrected chi connectivity index (χ3v) is 3.02. The number of hydrogen-bond donors (Lipinski definition) is 2. The van der Waals surface area contributed by atoms with Crippen LogP contribution in [0.2, 0.25) is 0 Å². The molecule has 1 aromatic rings. The number of nitrogen functional groups attached to an aromatic ring is 1. The number of anilines is 2. The molecule has 1 amide bonds. The molecule has 1 rings (SSSR count). The molecule has 6 nitrogen and oxygen atoms in total. The molecule has 0 aliphatic carbocycles. The van der Waals surface area contributed by atoms with Gasteiger partial charge < -0.3 is 20.0 Å². The van der Waals surface area contributed by atoms with Crippen molar-refractivity contribution in [1.29, 1.82) is 0 Å². The summed E-state index contributed by atoms with van der Waals surface area (Å²) < 4.78 is 10.5. The number of methoxy groups -OCH3 is 1. The number of hydrogen-bond acceptors (Lipinski definition) is 5. The van der Waals surface area contributed by atoms with Crippen molar-refractivity contribution in [2.45, 2.75) is 32.0 Å². The molecule has 0 bridgehead atoms. The zero-order chi connectivity index (χ0) is 15.2. The van der Waals surface area contributed by atoms with Crippen LogP contribution in [-0.2, 0) is 14.3 Å². The summed E-state index contributed by atoms with van der Waals surface area (Å²) in [6, 6.07) is 6.65. The molecule has 3 N–H and O–H groups in total. The monoisotopic (exact) mass is 280 g/mol. The van der Waals surface area contributed by atoms with Crippen molar-refractivity contribution >= 4 is 23.8 Å². The van der Waals surface area contributed by atoms with Crippen molar-refractivity contribution in [3.05, 3.63) is 24.3 Å². The number of carbonyl (C=O) groups excluding carboxylic acids is 2. The van der Waals surface area contributed by atoms with E-state index in [1.165, 1.54) is 7.11 Å². The Hall–Kier alpha value is -2.08. The smallest absolute Gasteiger partial charge is 0.412 e. The highest BCUT2D eigenvalue weighted by Gasteiger charge is 2.32. The molecule has 1 aromatic carbocycles. The van der Waals surface area contributed by atoms with E-state index in [0.29, 0.717) is 17.7 Å². The number of amides is 1. The lowest BCUT2D eigenvalue weighted by Crippen LogP contribution is -2.42. The van der Waals surface area contributed by atoms with Crippen LogP contribution in [-0.4, -0.2) is 31.2 Å². The van der Waals surface area contributed by atoms with E-state index in [1.54, 1.807) is 38.1 Å². The van der Waals surface area contributed by atoms with Gasteiger partial charge in [0.2, 0.25) is 0 Å². The van der Waals surface area contributed by atoms with Gasteiger partial charge in [0.25, 0.3) is 0 Å². The summed E-state index contributed by atoms with van der Waals surface area (Å²) >= 11 is 0. The molecule has 0 aliphatic heterocycles. The Labute approximate surface area is 118 Å². The highest BCUT2D eigenvalue weighted by Crippen LogP contribution is 2.20. The van der Waals surface area contributed by atoms with E-state index in [-0.39, 0.29) is 6.42 Å². The molecule has 0 aliphatic rings. The van der Waals surface area contributed by atoms with Crippen LogP contribution in [0.1, 0.15) is 20.3 Å². The van der Waals surface area contributed by atoms with E-state index >= 15 is 0 Å². The largest absolute Gasteiger partial charge is 0.442 e. The summed E-state index contributed by atoms with van der Waals surface area (Å²) in [7, 11) is 1.50. The minimum Gasteiger partial charge on any atom is -0.442 e. The van der Waals surface area contributed by atoms with E-state index in [1.807, 2.05) is 0 Å². The first-order valence-corrected chi connectivity index (χ1v) is 6.21. The van der Waals surface area contributed by atoms with Gasteiger partial charge in [-0.1, -0.05) is 0 Å². The van der Waals surface area contributed by atoms with Crippen molar-refractivity contribution in [1.82, 2.24) is 0 Å². The maximum atomic E-state index is 11.8. The number of nitrogens with two attached hydrogens (primary N) is 1. The quantitative estimate of drug-likeness (QED) is 0.615. The predicted molar refractivity (Wildman–Crippen MR) is 76.5 cm³/mol. The van der Waals surface area contributed by atoms with Crippen LogP contribution in [0.15, 0.2) is 24.3 Å². The average Bonchev–Trinajstić information content (AvgIpc) is 2.41. The lowest BCUT2D eigenvalue weighted by atomic mass is 9.99. The minimum absolute atomic E-state index is 0.0655. The number of carbonyl (C=O) groups is 2. The second-order valence-electron chi connectivity index (χ2n) is 4.85. The fourth-order valence-corrected chi connectivity index (χ4v) is 1.54. The summed E-state index contributed by atoms with van der Waals surface area (Å²) in [6.45, 7) is 3.50. The van der Waals surface area contributed by atoms with Gasteiger partial charge in [0.1, 0.15) is 12.4 Å². The van der Waals surface area contributed by atoms with Gasteiger partial charge in [-0.3, -0.25) is 5.32 Å². The van der Waals surface area contributed by atoms with Crippen LogP contribution in [0.5, 0.6) is 0 Å². The van der Waals surface area contributed by atoms with Crippen LogP contribution in [0, 0.1) is 0 Å². The van der Waals surface area contributed by atoms with Gasteiger partial charge in [0, 0.05) is 24.9 Å². The van der Waals surface area contributed by atoms with Gasteiger partial charge in [-0.25, -0.2) is 4.79 Å². The number of ether oxygens (including phenoxy) is 2. The van der Waals surface area contributed by atoms with Gasteiger partial charge in [0.05, 0.1) is 5.60 Å². The van der Waals surface area contributed by atoms with Crippen LogP contribution >= 0.6 is 0 Å². The topological polar surface area (TPSA) is 90.6 Å². The van der Waals surface area contributed by atoms with E-state index < -0.39 is 17.8 Å². The molecule has 0 spiro atoms. The molecular formula is C14H20N2O4. The van der Waals surface area contributed by atoms with Crippen molar-refractivity contribution in [2.24, 2.45) is 0 Å². The Bertz CT molecular complexity index is 457. The standard InChI is InChI=1S/C14H20N2O4/c1-14(2,19-3)12(8-9-17)20-13(18)16-11-6-4-10(15)5-7-11/h4-7,9,12H,8,15H2,1-3H3,(H,16,18)/t12-/m0/s1. The lowest BCUT2D eigenvalue weighted by Gasteiger charge is -2.31. The summed E-state index contributed by atoms with van der Waals surface area (Å²) in [5.74, 6) is 0. The van der Waals surface area contributed by atoms with Gasteiger partial charge >= 0.3 is 6.09 Å². The van der Waals surface area contributed by atoms with Gasteiger partial charge in [-0.05, 0) is 38.1 Å². The summed E-state index contributed by atoms with van der Waals surface area (Å²) in [5, 5.41) is 2.57. The zero-order valence-electron chi connectivity index (χ0n) is 11.9. The number of rotatable bonds is 6. The van der Waals surface area contributed by atoms with E-state index in [9.17, 15) is 9.59 Å². The van der Waals surface area contributed by atoms with Gasteiger partial charge in [0.15, 0.2) is 0 Å². The Morgan fingerprint density at radius 2 is 2.00 bits per heavy atom. The molecule has 6 heteroatoms. The molecule has 0 saturated heterocycles. The SMILES string of the molecule is COC(C)(C)[C@H](CC=O)OC(=O)Nc1ccc(N)cc1. The molecule has 0 fully saturated rings. The Morgan fingerprint density at radius 1 is 1.40 bits per heavy atom. The number of benzene rings is 1. The van der Waals surface area contributed by atoms with Crippen LogP contribution < -0.4 is 11.1 Å². The van der Waals surface area contributed by atoms with Crippen LogP contribution in [0.25, 0.3) is 0 Å². The number of nitrogens with one attached hydrogen (secondary N) is 1. The maximum absolute atomic E-state index is 11.8. The molecule has 20 heavy (non-hydrogen) atoms. The highest BCUT2D eigenvalue weighted by molar-refractivity contribution is 5.85. The third-order valence-electron chi connectivity index (χ3n) is 3.02. The highest BCUT2D eigenvalue weighted by atomic mass is 16.6. The molecule has 110 valence electrons. The maximum Gasteiger partial charge on any atom is 0.412 e. The van der Waals surface area contributed by atoms with Gasteiger partial charge in [-0.2, -0.15) is 0 Å². The molecule has 0 radical (unpaired) electrons. The molecule has 1 atom stereocenters. The van der Waals surface area contributed by atoms with E-state index in [2.05, 4.69) is 5.32 Å². The fourth-order valence-electron chi connectivity index (χ4n) is 1.54. The summed E-state index contributed by atoms with van der Waals surface area (Å²) in [5.41, 5.74) is 5.96.